The van der Waals surface area contributed by atoms with E-state index in [0.717, 1.165) is 24.8 Å². The van der Waals surface area contributed by atoms with Crippen LogP contribution in [0.4, 0.5) is 0 Å². The molecule has 0 fully saturated rings. The smallest absolute Gasteiger partial charge is 0.165 e. The molecule has 0 heterocycles. The Balaban J connectivity index is 2.47. The first-order valence-corrected chi connectivity index (χ1v) is 5.86. The Kier molecular flexibility index (Phi) is 2.37. The van der Waals surface area contributed by atoms with Crippen LogP contribution in [0.15, 0.2) is 22.8 Å². The summed E-state index contributed by atoms with van der Waals surface area (Å²) in [7, 11) is 0. The lowest BCUT2D eigenvalue weighted by atomic mass is 9.81. The van der Waals surface area contributed by atoms with Crippen molar-refractivity contribution in [2.45, 2.75) is 47.0 Å². The molecule has 0 N–H and O–H groups in total. The third-order valence-electron chi connectivity index (χ3n) is 3.75. The molecule has 1 heteroatoms. The van der Waals surface area contributed by atoms with E-state index in [1.165, 1.54) is 11.1 Å². The number of Topliss-reactive ketones (excluding diaryl/α,β-unsaturated/α-hetero) is 1. The van der Waals surface area contributed by atoms with Crippen LogP contribution >= 0.6 is 0 Å². The molecule has 0 bridgehead atoms. The van der Waals surface area contributed by atoms with Crippen LogP contribution in [0.25, 0.3) is 0 Å². The molecular weight excluding hydrogens is 184 g/mol. The number of carbonyl (C=O) groups is 1. The van der Waals surface area contributed by atoms with Crippen LogP contribution in [0.1, 0.15) is 47.0 Å². The maximum Gasteiger partial charge on any atom is 0.165 e. The Bertz CT molecular complexity index is 369. The van der Waals surface area contributed by atoms with Gasteiger partial charge in [-0.3, -0.25) is 4.79 Å². The van der Waals surface area contributed by atoms with Gasteiger partial charge in [0.1, 0.15) is 0 Å². The number of rotatable bonds is 0. The van der Waals surface area contributed by atoms with Crippen molar-refractivity contribution in [2.75, 3.05) is 0 Å². The zero-order chi connectivity index (χ0) is 11.2. The summed E-state index contributed by atoms with van der Waals surface area (Å²) in [5.74, 6) is 1.03. The summed E-state index contributed by atoms with van der Waals surface area (Å²) in [6, 6.07) is 0. The fourth-order valence-corrected chi connectivity index (χ4v) is 2.68. The van der Waals surface area contributed by atoms with Gasteiger partial charge in [0.05, 0.1) is 0 Å². The van der Waals surface area contributed by atoms with Crippen molar-refractivity contribution >= 4 is 5.78 Å². The first-order valence-electron chi connectivity index (χ1n) is 5.86. The molecule has 82 valence electrons. The minimum Gasteiger partial charge on any atom is -0.294 e. The molecule has 15 heavy (non-hydrogen) atoms. The van der Waals surface area contributed by atoms with Gasteiger partial charge in [-0.1, -0.05) is 32.4 Å². The van der Waals surface area contributed by atoms with Crippen LogP contribution in [0.2, 0.25) is 0 Å². The molecule has 0 saturated heterocycles. The minimum absolute atomic E-state index is 0.192. The second-order valence-corrected chi connectivity index (χ2v) is 5.77. The van der Waals surface area contributed by atoms with Gasteiger partial charge in [0.2, 0.25) is 0 Å². The average Bonchev–Trinajstić information content (AvgIpc) is 2.52. The molecule has 0 saturated carbocycles. The van der Waals surface area contributed by atoms with Gasteiger partial charge in [0.15, 0.2) is 5.78 Å². The van der Waals surface area contributed by atoms with Crippen molar-refractivity contribution in [3.05, 3.63) is 22.8 Å². The summed E-state index contributed by atoms with van der Waals surface area (Å²) < 4.78 is 0. The van der Waals surface area contributed by atoms with Gasteiger partial charge >= 0.3 is 0 Å². The van der Waals surface area contributed by atoms with E-state index in [4.69, 9.17) is 0 Å². The summed E-state index contributed by atoms with van der Waals surface area (Å²) >= 11 is 0. The molecule has 0 aliphatic heterocycles. The SMILES string of the molecule is CC1=CCC(C)(C)C(=O)C2=C1C[C@H](C)C2. The molecule has 1 atom stereocenters. The van der Waals surface area contributed by atoms with E-state index in [2.05, 4.69) is 33.8 Å². The fourth-order valence-electron chi connectivity index (χ4n) is 2.68. The van der Waals surface area contributed by atoms with E-state index in [9.17, 15) is 4.79 Å². The molecule has 0 unspecified atom stereocenters. The molecule has 0 aromatic carbocycles. The Hall–Kier alpha value is -0.850. The standard InChI is InChI=1S/C14H20O/c1-9-7-11-10(2)5-6-14(3,4)13(15)12(11)8-9/h5,9H,6-8H2,1-4H3/t9-/m0/s1. The second-order valence-electron chi connectivity index (χ2n) is 5.77. The molecular formula is C14H20O. The number of allylic oxidation sites excluding steroid dienone is 4. The second kappa shape index (κ2) is 3.33. The van der Waals surface area contributed by atoms with Gasteiger partial charge < -0.3 is 0 Å². The topological polar surface area (TPSA) is 17.1 Å². The highest BCUT2D eigenvalue weighted by Gasteiger charge is 2.36. The van der Waals surface area contributed by atoms with E-state index < -0.39 is 0 Å². The van der Waals surface area contributed by atoms with E-state index in [1.807, 2.05) is 0 Å². The third-order valence-corrected chi connectivity index (χ3v) is 3.75. The largest absolute Gasteiger partial charge is 0.294 e. The summed E-state index contributed by atoms with van der Waals surface area (Å²) in [4.78, 5) is 12.3. The molecule has 2 aliphatic carbocycles. The molecule has 0 spiro atoms. The van der Waals surface area contributed by atoms with Crippen molar-refractivity contribution in [2.24, 2.45) is 11.3 Å². The maximum atomic E-state index is 12.3. The molecule has 0 radical (unpaired) electrons. The molecule has 0 aromatic heterocycles. The van der Waals surface area contributed by atoms with E-state index in [0.29, 0.717) is 11.7 Å². The van der Waals surface area contributed by atoms with Crippen molar-refractivity contribution < 1.29 is 4.79 Å². The Morgan fingerprint density at radius 2 is 1.87 bits per heavy atom. The summed E-state index contributed by atoms with van der Waals surface area (Å²) in [5.41, 5.74) is 3.62. The van der Waals surface area contributed by atoms with Gasteiger partial charge in [-0.25, -0.2) is 0 Å². The van der Waals surface area contributed by atoms with E-state index >= 15 is 0 Å². The first-order chi connectivity index (χ1) is 6.92. The van der Waals surface area contributed by atoms with Gasteiger partial charge in [0.25, 0.3) is 0 Å². The number of hydrogen-bond acceptors (Lipinski definition) is 1. The van der Waals surface area contributed by atoms with Gasteiger partial charge in [0, 0.05) is 5.41 Å². The maximum absolute atomic E-state index is 12.3. The van der Waals surface area contributed by atoms with Crippen LogP contribution < -0.4 is 0 Å². The average molecular weight is 204 g/mol. The number of carbonyl (C=O) groups excluding carboxylic acids is 1. The predicted molar refractivity (Wildman–Crippen MR) is 62.6 cm³/mol. The Labute approximate surface area is 92.3 Å². The molecule has 0 amide bonds. The summed E-state index contributed by atoms with van der Waals surface area (Å²) in [6.45, 7) is 8.53. The van der Waals surface area contributed by atoms with Gasteiger partial charge in [-0.05, 0) is 43.3 Å². The summed E-state index contributed by atoms with van der Waals surface area (Å²) in [6.07, 6.45) is 5.22. The quantitative estimate of drug-likeness (QED) is 0.588. The fraction of sp³-hybridized carbons (Fsp3) is 0.643. The minimum atomic E-state index is -0.192. The van der Waals surface area contributed by atoms with Crippen molar-refractivity contribution in [1.29, 1.82) is 0 Å². The van der Waals surface area contributed by atoms with Crippen LogP contribution in [-0.2, 0) is 4.79 Å². The molecule has 2 aliphatic rings. The third kappa shape index (κ3) is 1.68. The molecule has 1 nitrogen and oxygen atoms in total. The lowest BCUT2D eigenvalue weighted by Gasteiger charge is -2.21. The normalized spacial score (nSPS) is 30.0. The zero-order valence-electron chi connectivity index (χ0n) is 10.2. The molecule has 0 aromatic rings. The zero-order valence-corrected chi connectivity index (χ0v) is 10.2. The van der Waals surface area contributed by atoms with Crippen LogP contribution in [-0.4, -0.2) is 5.78 Å². The number of hydrogen-bond donors (Lipinski definition) is 0. The van der Waals surface area contributed by atoms with E-state index in [-0.39, 0.29) is 5.41 Å². The highest BCUT2D eigenvalue weighted by atomic mass is 16.1. The van der Waals surface area contributed by atoms with Crippen molar-refractivity contribution in [1.82, 2.24) is 0 Å². The Morgan fingerprint density at radius 1 is 1.27 bits per heavy atom. The van der Waals surface area contributed by atoms with Gasteiger partial charge in [-0.2, -0.15) is 0 Å². The first kappa shape index (κ1) is 10.7. The highest BCUT2D eigenvalue weighted by Crippen LogP contribution is 2.42. The monoisotopic (exact) mass is 204 g/mol. The van der Waals surface area contributed by atoms with Crippen molar-refractivity contribution in [3.63, 3.8) is 0 Å². The summed E-state index contributed by atoms with van der Waals surface area (Å²) in [5, 5.41) is 0. The number of ketones is 1. The Morgan fingerprint density at radius 3 is 2.53 bits per heavy atom. The van der Waals surface area contributed by atoms with E-state index in [1.54, 1.807) is 0 Å². The van der Waals surface area contributed by atoms with Gasteiger partial charge in [-0.15, -0.1) is 0 Å². The predicted octanol–water partition coefficient (Wildman–Crippen LogP) is 3.66. The lowest BCUT2D eigenvalue weighted by Crippen LogP contribution is -2.24. The molecule has 2 rings (SSSR count). The lowest BCUT2D eigenvalue weighted by molar-refractivity contribution is -0.123. The van der Waals surface area contributed by atoms with Crippen LogP contribution in [0.5, 0.6) is 0 Å². The van der Waals surface area contributed by atoms with Crippen molar-refractivity contribution in [3.8, 4) is 0 Å². The van der Waals surface area contributed by atoms with Crippen LogP contribution in [0.3, 0.4) is 0 Å². The van der Waals surface area contributed by atoms with Crippen LogP contribution in [0, 0.1) is 11.3 Å². The highest BCUT2D eigenvalue weighted by molar-refractivity contribution is 6.01.